The second-order valence-electron chi connectivity index (χ2n) is 6.62. The standard InChI is InChI=1S/C22H20FN3O2S/c1-13-20(29-22(26-13)19-16(23)7-5-9-18(19)28-2)21(27)24-11-10-14-12-25-17-8-4-3-6-15(14)17/h3-9,12,25H,10-11H2,1-2H3,(H,24,27). The summed E-state index contributed by atoms with van der Waals surface area (Å²) in [5.74, 6) is -0.240. The second kappa shape index (κ2) is 8.05. The van der Waals surface area contributed by atoms with Crippen molar-refractivity contribution in [1.29, 1.82) is 0 Å². The smallest absolute Gasteiger partial charge is 0.263 e. The van der Waals surface area contributed by atoms with Gasteiger partial charge in [0.15, 0.2) is 0 Å². The molecule has 2 heterocycles. The first-order chi connectivity index (χ1) is 14.1. The van der Waals surface area contributed by atoms with Gasteiger partial charge in [-0.05, 0) is 37.1 Å². The third-order valence-corrected chi connectivity index (χ3v) is 5.94. The van der Waals surface area contributed by atoms with E-state index in [9.17, 15) is 9.18 Å². The summed E-state index contributed by atoms with van der Waals surface area (Å²) < 4.78 is 19.6. The number of hydrogen-bond acceptors (Lipinski definition) is 4. The number of nitrogens with zero attached hydrogens (tertiary/aromatic N) is 1. The summed E-state index contributed by atoms with van der Waals surface area (Å²) >= 11 is 1.17. The number of carbonyl (C=O) groups is 1. The predicted molar refractivity (Wildman–Crippen MR) is 113 cm³/mol. The van der Waals surface area contributed by atoms with Crippen LogP contribution in [0.4, 0.5) is 4.39 Å². The molecular weight excluding hydrogens is 389 g/mol. The lowest BCUT2D eigenvalue weighted by molar-refractivity contribution is 0.0957. The van der Waals surface area contributed by atoms with Gasteiger partial charge in [0.1, 0.15) is 21.5 Å². The second-order valence-corrected chi connectivity index (χ2v) is 7.62. The van der Waals surface area contributed by atoms with E-state index < -0.39 is 5.82 Å². The number of nitrogens with one attached hydrogen (secondary N) is 2. The highest BCUT2D eigenvalue weighted by Gasteiger charge is 2.20. The fraction of sp³-hybridized carbons (Fsp3) is 0.182. The molecule has 2 aromatic heterocycles. The van der Waals surface area contributed by atoms with Gasteiger partial charge in [-0.2, -0.15) is 0 Å². The van der Waals surface area contributed by atoms with Crippen molar-refractivity contribution in [1.82, 2.24) is 15.3 Å². The molecule has 0 radical (unpaired) electrons. The zero-order valence-electron chi connectivity index (χ0n) is 16.1. The third kappa shape index (κ3) is 3.73. The van der Waals surface area contributed by atoms with Crippen LogP contribution in [0.5, 0.6) is 5.75 Å². The maximum atomic E-state index is 14.3. The molecule has 1 amide bonds. The van der Waals surface area contributed by atoms with Gasteiger partial charge in [-0.15, -0.1) is 11.3 Å². The summed E-state index contributed by atoms with van der Waals surface area (Å²) in [5, 5.41) is 4.53. The van der Waals surface area contributed by atoms with Crippen LogP contribution in [0, 0.1) is 12.7 Å². The number of rotatable bonds is 6. The van der Waals surface area contributed by atoms with Gasteiger partial charge < -0.3 is 15.0 Å². The molecule has 0 unspecified atom stereocenters. The summed E-state index contributed by atoms with van der Waals surface area (Å²) in [6.45, 7) is 2.25. The van der Waals surface area contributed by atoms with Gasteiger partial charge in [-0.1, -0.05) is 24.3 Å². The Kier molecular flexibility index (Phi) is 5.31. The van der Waals surface area contributed by atoms with Gasteiger partial charge >= 0.3 is 0 Å². The van der Waals surface area contributed by atoms with E-state index in [2.05, 4.69) is 21.4 Å². The number of benzene rings is 2. The molecule has 0 saturated carbocycles. The topological polar surface area (TPSA) is 67.0 Å². The molecule has 2 N–H and O–H groups in total. The zero-order valence-corrected chi connectivity index (χ0v) is 16.9. The van der Waals surface area contributed by atoms with Crippen LogP contribution in [0.3, 0.4) is 0 Å². The van der Waals surface area contributed by atoms with Crippen molar-refractivity contribution >= 4 is 28.1 Å². The average molecular weight is 409 g/mol. The highest BCUT2D eigenvalue weighted by molar-refractivity contribution is 7.17. The number of fused-ring (bicyclic) bond motifs is 1. The Morgan fingerprint density at radius 2 is 2.07 bits per heavy atom. The van der Waals surface area contributed by atoms with E-state index in [1.807, 2.05) is 24.4 Å². The Morgan fingerprint density at radius 1 is 1.24 bits per heavy atom. The van der Waals surface area contributed by atoms with Crippen molar-refractivity contribution in [3.05, 3.63) is 70.6 Å². The van der Waals surface area contributed by atoms with Crippen LogP contribution in [0.15, 0.2) is 48.7 Å². The lowest BCUT2D eigenvalue weighted by Gasteiger charge is -2.06. The minimum absolute atomic E-state index is 0.207. The Labute approximate surface area is 171 Å². The number of carbonyl (C=O) groups excluding carboxylic acids is 1. The molecule has 0 aliphatic heterocycles. The molecule has 0 fully saturated rings. The van der Waals surface area contributed by atoms with Gasteiger partial charge in [-0.3, -0.25) is 4.79 Å². The number of hydrogen-bond donors (Lipinski definition) is 2. The molecule has 2 aromatic carbocycles. The number of thiazole rings is 1. The molecule has 0 saturated heterocycles. The quantitative estimate of drug-likeness (QED) is 0.484. The fourth-order valence-corrected chi connectivity index (χ4v) is 4.36. The maximum absolute atomic E-state index is 14.3. The molecule has 29 heavy (non-hydrogen) atoms. The summed E-state index contributed by atoms with van der Waals surface area (Å²) in [4.78, 5) is 20.8. The highest BCUT2D eigenvalue weighted by atomic mass is 32.1. The fourth-order valence-electron chi connectivity index (χ4n) is 3.33. The van der Waals surface area contributed by atoms with Crippen LogP contribution in [0.25, 0.3) is 21.5 Å². The van der Waals surface area contributed by atoms with Gasteiger partial charge in [0.2, 0.25) is 0 Å². The van der Waals surface area contributed by atoms with Crippen molar-refractivity contribution in [2.45, 2.75) is 13.3 Å². The van der Waals surface area contributed by atoms with E-state index in [-0.39, 0.29) is 11.5 Å². The van der Waals surface area contributed by atoms with Gasteiger partial charge in [0.25, 0.3) is 5.91 Å². The lowest BCUT2D eigenvalue weighted by Crippen LogP contribution is -2.25. The van der Waals surface area contributed by atoms with Crippen LogP contribution >= 0.6 is 11.3 Å². The number of methoxy groups -OCH3 is 1. The van der Waals surface area contributed by atoms with Crippen LogP contribution in [0.1, 0.15) is 20.9 Å². The number of para-hydroxylation sites is 1. The molecule has 0 aliphatic carbocycles. The largest absolute Gasteiger partial charge is 0.496 e. The average Bonchev–Trinajstić information content (AvgIpc) is 3.31. The van der Waals surface area contributed by atoms with Crippen molar-refractivity contribution in [3.63, 3.8) is 0 Å². The third-order valence-electron chi connectivity index (χ3n) is 4.77. The van der Waals surface area contributed by atoms with Crippen molar-refractivity contribution < 1.29 is 13.9 Å². The van der Waals surface area contributed by atoms with E-state index in [1.54, 1.807) is 19.1 Å². The number of aromatic amines is 1. The Bertz CT molecular complexity index is 1180. The van der Waals surface area contributed by atoms with Crippen molar-refractivity contribution in [2.75, 3.05) is 13.7 Å². The highest BCUT2D eigenvalue weighted by Crippen LogP contribution is 2.36. The molecule has 0 atom stereocenters. The Balaban J connectivity index is 1.49. The van der Waals surface area contributed by atoms with Gasteiger partial charge in [0.05, 0.1) is 18.4 Å². The van der Waals surface area contributed by atoms with Crippen LogP contribution < -0.4 is 10.1 Å². The zero-order chi connectivity index (χ0) is 20.4. The SMILES string of the molecule is COc1cccc(F)c1-c1nc(C)c(C(=O)NCCc2c[nH]c3ccccc23)s1. The minimum atomic E-state index is -0.426. The van der Waals surface area contributed by atoms with E-state index in [0.29, 0.717) is 34.3 Å². The number of halogens is 1. The number of ether oxygens (including phenoxy) is 1. The Hall–Kier alpha value is -3.19. The molecular formula is C22H20FN3O2S. The number of amides is 1. The van der Waals surface area contributed by atoms with E-state index in [4.69, 9.17) is 4.74 Å². The molecule has 4 rings (SSSR count). The molecule has 0 bridgehead atoms. The molecule has 0 aliphatic rings. The van der Waals surface area contributed by atoms with Crippen molar-refractivity contribution in [2.24, 2.45) is 0 Å². The maximum Gasteiger partial charge on any atom is 0.263 e. The molecule has 5 nitrogen and oxygen atoms in total. The molecule has 4 aromatic rings. The molecule has 148 valence electrons. The molecule has 0 spiro atoms. The van der Waals surface area contributed by atoms with Gasteiger partial charge in [0, 0.05) is 23.6 Å². The van der Waals surface area contributed by atoms with Crippen molar-refractivity contribution in [3.8, 4) is 16.3 Å². The Morgan fingerprint density at radius 3 is 2.90 bits per heavy atom. The number of aryl methyl sites for hydroxylation is 1. The summed E-state index contributed by atoms with van der Waals surface area (Å²) in [7, 11) is 1.48. The van der Waals surface area contributed by atoms with E-state index in [0.717, 1.165) is 16.5 Å². The first-order valence-electron chi connectivity index (χ1n) is 9.22. The first-order valence-corrected chi connectivity index (χ1v) is 10.0. The number of aromatic nitrogens is 2. The summed E-state index contributed by atoms with van der Waals surface area (Å²) in [6, 6.07) is 12.7. The monoisotopic (exact) mass is 409 g/mol. The van der Waals surface area contributed by atoms with E-state index in [1.165, 1.54) is 24.5 Å². The van der Waals surface area contributed by atoms with E-state index >= 15 is 0 Å². The van der Waals surface area contributed by atoms with Crippen LogP contribution in [-0.4, -0.2) is 29.5 Å². The summed E-state index contributed by atoms with van der Waals surface area (Å²) in [5.41, 5.74) is 3.08. The lowest BCUT2D eigenvalue weighted by atomic mass is 10.1. The van der Waals surface area contributed by atoms with Crippen LogP contribution in [-0.2, 0) is 6.42 Å². The predicted octanol–water partition coefficient (Wildman–Crippen LogP) is 4.72. The van der Waals surface area contributed by atoms with Crippen LogP contribution in [0.2, 0.25) is 0 Å². The number of H-pyrrole nitrogens is 1. The first kappa shape index (κ1) is 19.1. The summed E-state index contributed by atoms with van der Waals surface area (Å²) in [6.07, 6.45) is 2.68. The van der Waals surface area contributed by atoms with Gasteiger partial charge in [-0.25, -0.2) is 9.37 Å². The minimum Gasteiger partial charge on any atom is -0.496 e. The molecule has 7 heteroatoms. The normalized spacial score (nSPS) is 11.0.